The Morgan fingerprint density at radius 2 is 1.70 bits per heavy atom. The topological polar surface area (TPSA) is 166 Å². The molecular formula is C32H50N2O9. The third kappa shape index (κ3) is 14.1. The number of allylic oxidation sites excluding steroid dienone is 2. The van der Waals surface area contributed by atoms with Gasteiger partial charge in [-0.25, -0.2) is 9.63 Å². The highest BCUT2D eigenvalue weighted by atomic mass is 17.1. The number of ether oxygens (including phenoxy) is 1. The van der Waals surface area contributed by atoms with Gasteiger partial charge in [0.2, 0.25) is 5.91 Å². The first-order chi connectivity index (χ1) is 20.6. The second kappa shape index (κ2) is 20.3. The van der Waals surface area contributed by atoms with E-state index in [4.69, 9.17) is 15.2 Å². The van der Waals surface area contributed by atoms with E-state index in [1.165, 1.54) is 25.8 Å². The Hall–Kier alpha value is -2.67. The SMILES string of the molecule is CCCCCCCC(=O)CC[C@@H]1[C@@H](C/C=C\CCCC(=O)NC(C)C(=O)Oc2ccccc2CON(O)O)[C@@H](O)C[C@H]1O. The second-order valence-electron chi connectivity index (χ2n) is 11.4. The highest BCUT2D eigenvalue weighted by molar-refractivity contribution is 5.85. The maximum absolute atomic E-state index is 12.5. The van der Waals surface area contributed by atoms with E-state index in [2.05, 4.69) is 17.1 Å². The second-order valence-corrected chi connectivity index (χ2v) is 11.4. The minimum atomic E-state index is -0.899. The summed E-state index contributed by atoms with van der Waals surface area (Å²) in [4.78, 5) is 41.7. The van der Waals surface area contributed by atoms with Gasteiger partial charge in [0.05, 0.1) is 17.6 Å². The van der Waals surface area contributed by atoms with Crippen molar-refractivity contribution in [3.8, 4) is 5.75 Å². The molecule has 11 nitrogen and oxygen atoms in total. The molecule has 1 amide bonds. The van der Waals surface area contributed by atoms with Crippen LogP contribution in [0.5, 0.6) is 5.75 Å². The van der Waals surface area contributed by atoms with E-state index in [1.54, 1.807) is 18.2 Å². The van der Waals surface area contributed by atoms with Crippen molar-refractivity contribution in [1.82, 2.24) is 10.7 Å². The molecule has 5 atom stereocenters. The number of ketones is 1. The average Bonchev–Trinajstić information content (AvgIpc) is 3.24. The Kier molecular flexibility index (Phi) is 17.3. The summed E-state index contributed by atoms with van der Waals surface area (Å²) in [6, 6.07) is 5.54. The molecule has 242 valence electrons. The van der Waals surface area contributed by atoms with Crippen molar-refractivity contribution in [2.75, 3.05) is 0 Å². The number of hydrogen-bond donors (Lipinski definition) is 5. The zero-order valence-electron chi connectivity index (χ0n) is 25.5. The van der Waals surface area contributed by atoms with Crippen LogP contribution in [0.15, 0.2) is 36.4 Å². The average molecular weight is 607 g/mol. The summed E-state index contributed by atoms with van der Waals surface area (Å²) >= 11 is 0. The van der Waals surface area contributed by atoms with Crippen LogP contribution in [0, 0.1) is 11.8 Å². The van der Waals surface area contributed by atoms with Crippen LogP contribution in [0.25, 0.3) is 0 Å². The van der Waals surface area contributed by atoms with E-state index < -0.39 is 29.6 Å². The van der Waals surface area contributed by atoms with Gasteiger partial charge in [0.1, 0.15) is 24.2 Å². The number of aliphatic hydroxyl groups is 2. The molecule has 1 aliphatic rings. The molecule has 1 aromatic carbocycles. The van der Waals surface area contributed by atoms with Crippen LogP contribution in [0.3, 0.4) is 0 Å². The van der Waals surface area contributed by atoms with Crippen LogP contribution in [-0.2, 0) is 25.8 Å². The zero-order valence-corrected chi connectivity index (χ0v) is 25.5. The maximum Gasteiger partial charge on any atom is 0.333 e. The lowest BCUT2D eigenvalue weighted by Crippen LogP contribution is -2.40. The number of carbonyl (C=O) groups excluding carboxylic acids is 3. The molecule has 1 saturated carbocycles. The zero-order chi connectivity index (χ0) is 31.6. The third-order valence-corrected chi connectivity index (χ3v) is 7.94. The van der Waals surface area contributed by atoms with Crippen LogP contribution < -0.4 is 10.1 Å². The largest absolute Gasteiger partial charge is 0.425 e. The van der Waals surface area contributed by atoms with Crippen molar-refractivity contribution >= 4 is 17.7 Å². The summed E-state index contributed by atoms with van der Waals surface area (Å²) in [5.74, 6) is -0.763. The van der Waals surface area contributed by atoms with E-state index in [1.807, 2.05) is 12.2 Å². The Morgan fingerprint density at radius 3 is 2.44 bits per heavy atom. The van der Waals surface area contributed by atoms with Crippen molar-refractivity contribution in [2.45, 2.75) is 122 Å². The molecule has 11 heteroatoms. The Morgan fingerprint density at radius 1 is 0.977 bits per heavy atom. The Balaban J connectivity index is 1.68. The fourth-order valence-electron chi connectivity index (χ4n) is 5.46. The van der Waals surface area contributed by atoms with Crippen molar-refractivity contribution < 1.29 is 44.6 Å². The predicted octanol–water partition coefficient (Wildman–Crippen LogP) is 4.79. The number of aliphatic hydroxyl groups excluding tert-OH is 2. The number of benzene rings is 1. The van der Waals surface area contributed by atoms with Gasteiger partial charge >= 0.3 is 5.97 Å². The van der Waals surface area contributed by atoms with Gasteiger partial charge in [0.15, 0.2) is 0 Å². The van der Waals surface area contributed by atoms with E-state index >= 15 is 0 Å². The molecule has 1 aliphatic carbocycles. The monoisotopic (exact) mass is 606 g/mol. The van der Waals surface area contributed by atoms with Crippen LogP contribution in [-0.4, -0.2) is 61.9 Å². The Labute approximate surface area is 254 Å². The summed E-state index contributed by atoms with van der Waals surface area (Å²) in [6.07, 6.45) is 12.2. The molecular weight excluding hydrogens is 556 g/mol. The maximum atomic E-state index is 12.5. The van der Waals surface area contributed by atoms with Crippen LogP contribution in [0.4, 0.5) is 0 Å². The van der Waals surface area contributed by atoms with Crippen molar-refractivity contribution in [2.24, 2.45) is 11.8 Å². The molecule has 2 rings (SSSR count). The first-order valence-corrected chi connectivity index (χ1v) is 15.5. The molecule has 0 aliphatic heterocycles. The molecule has 1 unspecified atom stereocenters. The van der Waals surface area contributed by atoms with Gasteiger partial charge in [-0.05, 0) is 63.4 Å². The Bertz CT molecular complexity index is 1020. The van der Waals surface area contributed by atoms with E-state index in [9.17, 15) is 24.6 Å². The number of nitrogens with zero attached hydrogens (tertiary/aromatic N) is 1. The third-order valence-electron chi connectivity index (χ3n) is 7.94. The lowest BCUT2D eigenvalue weighted by Gasteiger charge is -2.22. The van der Waals surface area contributed by atoms with Gasteiger partial charge in [0, 0.05) is 24.8 Å². The number of esters is 1. The molecule has 0 heterocycles. The van der Waals surface area contributed by atoms with Crippen LogP contribution >= 0.6 is 0 Å². The summed E-state index contributed by atoms with van der Waals surface area (Å²) < 4.78 is 5.35. The minimum Gasteiger partial charge on any atom is -0.425 e. The molecule has 0 bridgehead atoms. The van der Waals surface area contributed by atoms with Crippen molar-refractivity contribution in [3.63, 3.8) is 0 Å². The summed E-state index contributed by atoms with van der Waals surface area (Å²) in [7, 11) is 0. The minimum absolute atomic E-state index is 0.0957. The molecule has 5 N–H and O–H groups in total. The predicted molar refractivity (Wildman–Crippen MR) is 159 cm³/mol. The van der Waals surface area contributed by atoms with E-state index in [0.29, 0.717) is 50.5 Å². The number of rotatable bonds is 21. The molecule has 43 heavy (non-hydrogen) atoms. The van der Waals surface area contributed by atoms with E-state index in [-0.39, 0.29) is 42.3 Å². The van der Waals surface area contributed by atoms with Crippen molar-refractivity contribution in [3.05, 3.63) is 42.0 Å². The lowest BCUT2D eigenvalue weighted by molar-refractivity contribution is -0.497. The molecule has 0 saturated heterocycles. The number of unbranched alkanes of at least 4 members (excludes halogenated alkanes) is 5. The fraction of sp³-hybridized carbons (Fsp3) is 0.656. The van der Waals surface area contributed by atoms with Gasteiger partial charge in [-0.2, -0.15) is 0 Å². The number of Topliss-reactive ketones (excluding diaryl/α,β-unsaturated/α-hetero) is 1. The van der Waals surface area contributed by atoms with Gasteiger partial charge in [0.25, 0.3) is 0 Å². The smallest absolute Gasteiger partial charge is 0.333 e. The van der Waals surface area contributed by atoms with Gasteiger partial charge in [-0.3, -0.25) is 20.0 Å². The van der Waals surface area contributed by atoms with Gasteiger partial charge < -0.3 is 20.3 Å². The molecule has 0 radical (unpaired) electrons. The quantitative estimate of drug-likeness (QED) is 0.0432. The normalized spacial score (nSPS) is 20.9. The summed E-state index contributed by atoms with van der Waals surface area (Å²) in [6.45, 7) is 3.43. The van der Waals surface area contributed by atoms with Crippen LogP contribution in [0.1, 0.15) is 103 Å². The first-order valence-electron chi connectivity index (χ1n) is 15.5. The number of hydrogen-bond acceptors (Lipinski definition) is 10. The van der Waals surface area contributed by atoms with Crippen molar-refractivity contribution in [1.29, 1.82) is 0 Å². The van der Waals surface area contributed by atoms with E-state index in [0.717, 1.165) is 19.3 Å². The number of para-hydroxylation sites is 1. The fourth-order valence-corrected chi connectivity index (χ4v) is 5.46. The molecule has 0 aromatic heterocycles. The van der Waals surface area contributed by atoms with Crippen LogP contribution in [0.2, 0.25) is 0 Å². The first kappa shape index (κ1) is 36.5. The molecule has 0 spiro atoms. The standard InChI is InChI=1S/C32H50N2O9/c1-3-4-5-6-9-15-25(35)19-20-27-26(28(36)21-29(27)37)16-10-7-8-11-18-31(38)33-23(2)32(39)43-30-17-13-12-14-24(30)22-42-34(40)41/h7,10,12-14,17,23,26-29,36-37,40-41H,3-6,8-9,11,15-16,18-22H2,1-2H3,(H,33,38)/b10-7-/t23?,26-,27-,28+,29-/m1/s1. The van der Waals surface area contributed by atoms with Gasteiger partial charge in [-0.15, -0.1) is 0 Å². The lowest BCUT2D eigenvalue weighted by atomic mass is 9.86. The summed E-state index contributed by atoms with van der Waals surface area (Å²) in [5.41, 5.74) is 0.405. The summed E-state index contributed by atoms with van der Waals surface area (Å²) in [5, 5.41) is 40.6. The molecule has 1 fully saturated rings. The molecule has 1 aromatic rings. The van der Waals surface area contributed by atoms with Gasteiger partial charge in [-0.1, -0.05) is 63.0 Å². The number of nitrogens with one attached hydrogen (secondary N) is 1. The number of amides is 1. The highest BCUT2D eigenvalue weighted by Crippen LogP contribution is 2.38. The highest BCUT2D eigenvalue weighted by Gasteiger charge is 2.40. The number of carbonyl (C=O) groups is 3.